The first-order valence-corrected chi connectivity index (χ1v) is 10.3. The first-order valence-electron chi connectivity index (χ1n) is 9.50. The zero-order valence-electron chi connectivity index (χ0n) is 16.9. The number of amides is 1. The Bertz CT molecular complexity index is 1010. The van der Waals surface area contributed by atoms with Crippen molar-refractivity contribution in [3.8, 4) is 0 Å². The molecule has 3 aromatic carbocycles. The number of nitrogens with zero attached hydrogens (tertiary/aromatic N) is 1. The van der Waals surface area contributed by atoms with Gasteiger partial charge in [-0.2, -0.15) is 0 Å². The van der Waals surface area contributed by atoms with Crippen LogP contribution in [0, 0.1) is 13.8 Å². The van der Waals surface area contributed by atoms with Crippen LogP contribution in [0.3, 0.4) is 0 Å². The van der Waals surface area contributed by atoms with Gasteiger partial charge in [0.15, 0.2) is 0 Å². The fourth-order valence-corrected chi connectivity index (χ4v) is 3.60. The summed E-state index contributed by atoms with van der Waals surface area (Å²) in [5.41, 5.74) is 11.1. The number of halogens is 3. The summed E-state index contributed by atoms with van der Waals surface area (Å²) in [7, 11) is 0. The summed E-state index contributed by atoms with van der Waals surface area (Å²) < 4.78 is 0. The van der Waals surface area contributed by atoms with E-state index in [4.69, 9.17) is 28.9 Å². The number of benzene rings is 3. The fourth-order valence-electron chi connectivity index (χ4n) is 3.20. The Hall–Kier alpha value is -2.04. The lowest BCUT2D eigenvalue weighted by Gasteiger charge is -2.27. The van der Waals surface area contributed by atoms with E-state index in [1.807, 2.05) is 68.4 Å². The SMILES string of the molecule is Cc1ccc(N(CCc2cc(Cl)ccc2Cl)C(=O)[C@@H](N)c2ccccc2)cc1C.Cl. The maximum Gasteiger partial charge on any atom is 0.248 e. The average molecular weight is 464 g/mol. The Kier molecular flexibility index (Phi) is 8.75. The van der Waals surface area contributed by atoms with Gasteiger partial charge in [-0.1, -0.05) is 59.6 Å². The van der Waals surface area contributed by atoms with Crippen molar-refractivity contribution in [3.05, 3.63) is 99.0 Å². The summed E-state index contributed by atoms with van der Waals surface area (Å²) in [5, 5.41) is 1.25. The number of hydrogen-bond acceptors (Lipinski definition) is 2. The molecule has 158 valence electrons. The molecule has 3 rings (SSSR count). The topological polar surface area (TPSA) is 46.3 Å². The zero-order valence-corrected chi connectivity index (χ0v) is 19.3. The smallest absolute Gasteiger partial charge is 0.248 e. The lowest BCUT2D eigenvalue weighted by Crippen LogP contribution is -2.40. The fraction of sp³-hybridized carbons (Fsp3) is 0.208. The van der Waals surface area contributed by atoms with Gasteiger partial charge >= 0.3 is 0 Å². The molecule has 3 nitrogen and oxygen atoms in total. The zero-order chi connectivity index (χ0) is 21.0. The van der Waals surface area contributed by atoms with Crippen LogP contribution in [0.5, 0.6) is 0 Å². The second kappa shape index (κ2) is 10.8. The summed E-state index contributed by atoms with van der Waals surface area (Å²) in [6.45, 7) is 4.53. The van der Waals surface area contributed by atoms with E-state index in [1.165, 1.54) is 5.56 Å². The highest BCUT2D eigenvalue weighted by atomic mass is 35.5. The lowest BCUT2D eigenvalue weighted by atomic mass is 10.0. The Morgan fingerprint density at radius 2 is 1.67 bits per heavy atom. The summed E-state index contributed by atoms with van der Waals surface area (Å²) in [4.78, 5) is 15.1. The summed E-state index contributed by atoms with van der Waals surface area (Å²) >= 11 is 12.4. The monoisotopic (exact) mass is 462 g/mol. The molecule has 2 N–H and O–H groups in total. The first kappa shape index (κ1) is 24.2. The second-order valence-corrected chi connectivity index (χ2v) is 7.98. The van der Waals surface area contributed by atoms with Crippen LogP contribution >= 0.6 is 35.6 Å². The Balaban J connectivity index is 0.00000320. The van der Waals surface area contributed by atoms with Crippen molar-refractivity contribution < 1.29 is 4.79 Å². The summed E-state index contributed by atoms with van der Waals surface area (Å²) in [5.74, 6) is -0.155. The van der Waals surface area contributed by atoms with E-state index in [-0.39, 0.29) is 18.3 Å². The van der Waals surface area contributed by atoms with Crippen molar-refractivity contribution in [1.82, 2.24) is 0 Å². The molecule has 0 unspecified atom stereocenters. The van der Waals surface area contributed by atoms with Crippen molar-refractivity contribution in [1.29, 1.82) is 0 Å². The normalized spacial score (nSPS) is 11.5. The molecular weight excluding hydrogens is 439 g/mol. The molecule has 0 spiro atoms. The van der Waals surface area contributed by atoms with Gasteiger partial charge in [0.1, 0.15) is 6.04 Å². The van der Waals surface area contributed by atoms with Gasteiger partial charge in [0.05, 0.1) is 0 Å². The molecule has 0 bridgehead atoms. The highest BCUT2D eigenvalue weighted by molar-refractivity contribution is 6.33. The predicted octanol–water partition coefficient (Wildman–Crippen LogP) is 6.31. The van der Waals surface area contributed by atoms with E-state index >= 15 is 0 Å². The Labute approximate surface area is 194 Å². The van der Waals surface area contributed by atoms with E-state index in [9.17, 15) is 4.79 Å². The minimum Gasteiger partial charge on any atom is -0.316 e. The van der Waals surface area contributed by atoms with Crippen LogP contribution in [0.25, 0.3) is 0 Å². The molecule has 3 aromatic rings. The van der Waals surface area contributed by atoms with E-state index < -0.39 is 6.04 Å². The molecule has 0 radical (unpaired) electrons. The number of carbonyl (C=O) groups excluding carboxylic acids is 1. The average Bonchev–Trinajstić information content (AvgIpc) is 2.73. The van der Waals surface area contributed by atoms with Gasteiger partial charge in [-0.3, -0.25) is 4.79 Å². The number of hydrogen-bond donors (Lipinski definition) is 1. The van der Waals surface area contributed by atoms with Gasteiger partial charge in [-0.15, -0.1) is 12.4 Å². The first-order chi connectivity index (χ1) is 13.9. The van der Waals surface area contributed by atoms with E-state index in [2.05, 4.69) is 0 Å². The Morgan fingerprint density at radius 3 is 2.33 bits per heavy atom. The van der Waals surface area contributed by atoms with Crippen LogP contribution < -0.4 is 10.6 Å². The van der Waals surface area contributed by atoms with E-state index in [0.29, 0.717) is 23.0 Å². The van der Waals surface area contributed by atoms with Gasteiger partial charge in [-0.25, -0.2) is 0 Å². The molecule has 0 fully saturated rings. The third-order valence-electron chi connectivity index (χ3n) is 5.11. The molecule has 0 heterocycles. The lowest BCUT2D eigenvalue weighted by molar-refractivity contribution is -0.120. The van der Waals surface area contributed by atoms with E-state index in [0.717, 1.165) is 22.4 Å². The van der Waals surface area contributed by atoms with Crippen LogP contribution in [-0.2, 0) is 11.2 Å². The van der Waals surface area contributed by atoms with Crippen LogP contribution in [0.2, 0.25) is 10.0 Å². The number of anilines is 1. The summed E-state index contributed by atoms with van der Waals surface area (Å²) in [6, 6.07) is 20.0. The standard InChI is InChI=1S/C24H24Cl2N2O.ClH/c1-16-8-10-21(14-17(16)2)28(13-12-19-15-20(25)9-11-22(19)26)24(29)23(27)18-6-4-3-5-7-18;/h3-11,14-15,23H,12-13,27H2,1-2H3;1H/t23-;/m0./s1. The molecule has 1 atom stereocenters. The van der Waals surface area contributed by atoms with Crippen molar-refractivity contribution >= 4 is 47.2 Å². The third kappa shape index (κ3) is 5.77. The quantitative estimate of drug-likeness (QED) is 0.466. The highest BCUT2D eigenvalue weighted by Gasteiger charge is 2.24. The predicted molar refractivity (Wildman–Crippen MR) is 129 cm³/mol. The molecule has 1 amide bonds. The van der Waals surface area contributed by atoms with Crippen molar-refractivity contribution in [2.24, 2.45) is 5.73 Å². The summed E-state index contributed by atoms with van der Waals surface area (Å²) in [6.07, 6.45) is 0.569. The van der Waals surface area contributed by atoms with Crippen LogP contribution in [0.15, 0.2) is 66.7 Å². The molecule has 0 aliphatic carbocycles. The van der Waals surface area contributed by atoms with Gasteiger partial charge < -0.3 is 10.6 Å². The van der Waals surface area contributed by atoms with Crippen molar-refractivity contribution in [3.63, 3.8) is 0 Å². The van der Waals surface area contributed by atoms with Crippen molar-refractivity contribution in [2.75, 3.05) is 11.4 Å². The highest BCUT2D eigenvalue weighted by Crippen LogP contribution is 2.25. The molecular formula is C24H25Cl3N2O. The van der Waals surface area contributed by atoms with Gasteiger partial charge in [0.25, 0.3) is 0 Å². The molecule has 0 aromatic heterocycles. The van der Waals surface area contributed by atoms with Gasteiger partial charge in [0, 0.05) is 22.3 Å². The molecule has 0 aliphatic heterocycles. The van der Waals surface area contributed by atoms with Crippen LogP contribution in [0.4, 0.5) is 5.69 Å². The minimum absolute atomic E-state index is 0. The molecule has 0 saturated carbocycles. The third-order valence-corrected chi connectivity index (χ3v) is 5.71. The van der Waals surface area contributed by atoms with Crippen molar-refractivity contribution in [2.45, 2.75) is 26.3 Å². The van der Waals surface area contributed by atoms with Crippen LogP contribution in [0.1, 0.15) is 28.3 Å². The van der Waals surface area contributed by atoms with Crippen LogP contribution in [-0.4, -0.2) is 12.5 Å². The maximum absolute atomic E-state index is 13.4. The van der Waals surface area contributed by atoms with E-state index in [1.54, 1.807) is 17.0 Å². The number of nitrogens with two attached hydrogens (primary N) is 1. The molecule has 0 aliphatic rings. The number of aryl methyl sites for hydroxylation is 2. The maximum atomic E-state index is 13.4. The Morgan fingerprint density at radius 1 is 0.967 bits per heavy atom. The second-order valence-electron chi connectivity index (χ2n) is 7.13. The largest absolute Gasteiger partial charge is 0.316 e. The molecule has 0 saturated heterocycles. The molecule has 30 heavy (non-hydrogen) atoms. The van der Waals surface area contributed by atoms with Gasteiger partial charge in [0.2, 0.25) is 5.91 Å². The number of rotatable bonds is 6. The van der Waals surface area contributed by atoms with Gasteiger partial charge in [-0.05, 0) is 72.9 Å². The molecule has 6 heteroatoms. The minimum atomic E-state index is -0.743. The number of carbonyl (C=O) groups is 1.